The minimum atomic E-state index is -0.256. The van der Waals surface area contributed by atoms with Gasteiger partial charge in [-0.25, -0.2) is 0 Å². The molecule has 0 heterocycles. The van der Waals surface area contributed by atoms with Gasteiger partial charge in [0.1, 0.15) is 11.3 Å². The number of amides is 1. The Hall–Kier alpha value is -2.49. The van der Waals surface area contributed by atoms with E-state index >= 15 is 0 Å². The van der Waals surface area contributed by atoms with Gasteiger partial charge in [0.25, 0.3) is 5.91 Å². The molecule has 4 nitrogen and oxygen atoms in total. The predicted molar refractivity (Wildman–Crippen MR) is 85.8 cm³/mol. The molecule has 2 rings (SSSR count). The zero-order chi connectivity index (χ0) is 15.2. The molecule has 0 spiro atoms. The largest absolute Gasteiger partial charge is 0.496 e. The van der Waals surface area contributed by atoms with Gasteiger partial charge in [-0.3, -0.25) is 4.79 Å². The Bertz CT molecular complexity index is 638. The van der Waals surface area contributed by atoms with Crippen molar-refractivity contribution in [1.29, 1.82) is 0 Å². The van der Waals surface area contributed by atoms with Crippen LogP contribution in [-0.4, -0.2) is 13.0 Å². The van der Waals surface area contributed by atoms with Crippen LogP contribution in [0.1, 0.15) is 29.3 Å². The lowest BCUT2D eigenvalue weighted by atomic mass is 10.1. The number of aryl methyl sites for hydroxylation is 1. The molecule has 0 aromatic heterocycles. The average molecular weight is 284 g/mol. The molecule has 4 heteroatoms. The van der Waals surface area contributed by atoms with Gasteiger partial charge >= 0.3 is 0 Å². The molecule has 0 bridgehead atoms. The minimum absolute atomic E-state index is 0.256. The van der Waals surface area contributed by atoms with Crippen LogP contribution in [0.2, 0.25) is 0 Å². The normalized spacial score (nSPS) is 10.2. The fourth-order valence-corrected chi connectivity index (χ4v) is 2.28. The van der Waals surface area contributed by atoms with E-state index in [1.807, 2.05) is 24.3 Å². The van der Waals surface area contributed by atoms with Crippen molar-refractivity contribution in [2.45, 2.75) is 19.8 Å². The van der Waals surface area contributed by atoms with Gasteiger partial charge in [-0.1, -0.05) is 37.6 Å². The highest BCUT2D eigenvalue weighted by Crippen LogP contribution is 2.26. The molecule has 0 saturated heterocycles. The molecule has 0 aliphatic carbocycles. The van der Waals surface area contributed by atoms with Crippen molar-refractivity contribution in [3.05, 3.63) is 53.6 Å². The summed E-state index contributed by atoms with van der Waals surface area (Å²) in [7, 11) is 1.52. The highest BCUT2D eigenvalue weighted by molar-refractivity contribution is 6.10. The summed E-state index contributed by atoms with van der Waals surface area (Å²) in [4.78, 5) is 12.5. The number of nitrogen functional groups attached to an aromatic ring is 1. The van der Waals surface area contributed by atoms with E-state index in [1.54, 1.807) is 18.2 Å². The highest BCUT2D eigenvalue weighted by atomic mass is 16.5. The molecular weight excluding hydrogens is 264 g/mol. The van der Waals surface area contributed by atoms with E-state index in [2.05, 4.69) is 12.2 Å². The van der Waals surface area contributed by atoms with Crippen LogP contribution in [0.5, 0.6) is 5.75 Å². The maximum atomic E-state index is 12.5. The third-order valence-electron chi connectivity index (χ3n) is 3.29. The molecule has 110 valence electrons. The average Bonchev–Trinajstić information content (AvgIpc) is 2.49. The maximum Gasteiger partial charge on any atom is 0.261 e. The molecule has 1 amide bonds. The topological polar surface area (TPSA) is 64.4 Å². The summed E-state index contributed by atoms with van der Waals surface area (Å²) >= 11 is 0. The second kappa shape index (κ2) is 6.79. The van der Waals surface area contributed by atoms with E-state index in [0.29, 0.717) is 17.0 Å². The Morgan fingerprint density at radius 3 is 2.67 bits per heavy atom. The Balaban J connectivity index is 2.31. The lowest BCUT2D eigenvalue weighted by Gasteiger charge is -2.13. The molecule has 0 unspecified atom stereocenters. The standard InChI is InChI=1S/C17H20N2O2/c1-3-7-12-8-4-5-10-14(12)19-17(20)16-13(18)9-6-11-15(16)21-2/h4-6,8-11H,3,7,18H2,1-2H3,(H,19,20). The molecule has 2 aromatic rings. The lowest BCUT2D eigenvalue weighted by molar-refractivity contribution is 0.102. The summed E-state index contributed by atoms with van der Waals surface area (Å²) in [5, 5.41) is 2.93. The number of ether oxygens (including phenoxy) is 1. The lowest BCUT2D eigenvalue weighted by Crippen LogP contribution is -2.16. The number of methoxy groups -OCH3 is 1. The summed E-state index contributed by atoms with van der Waals surface area (Å²) in [6, 6.07) is 13.0. The van der Waals surface area contributed by atoms with Crippen LogP contribution in [0.15, 0.2) is 42.5 Å². The van der Waals surface area contributed by atoms with Crippen molar-refractivity contribution in [3.8, 4) is 5.75 Å². The molecule has 0 aliphatic heterocycles. The number of carbonyl (C=O) groups excluding carboxylic acids is 1. The molecule has 3 N–H and O–H groups in total. The van der Waals surface area contributed by atoms with Gasteiger partial charge < -0.3 is 15.8 Å². The second-order valence-corrected chi connectivity index (χ2v) is 4.79. The fraction of sp³-hybridized carbons (Fsp3) is 0.235. The second-order valence-electron chi connectivity index (χ2n) is 4.79. The number of rotatable bonds is 5. The van der Waals surface area contributed by atoms with Crippen molar-refractivity contribution < 1.29 is 9.53 Å². The summed E-state index contributed by atoms with van der Waals surface area (Å²) < 4.78 is 5.22. The van der Waals surface area contributed by atoms with Crippen molar-refractivity contribution in [3.63, 3.8) is 0 Å². The van der Waals surface area contributed by atoms with Crippen molar-refractivity contribution in [1.82, 2.24) is 0 Å². The van der Waals surface area contributed by atoms with Crippen molar-refractivity contribution >= 4 is 17.3 Å². The number of nitrogens with two attached hydrogens (primary N) is 1. The summed E-state index contributed by atoms with van der Waals surface area (Å²) in [6.07, 6.45) is 1.93. The molecule has 0 fully saturated rings. The van der Waals surface area contributed by atoms with Crippen LogP contribution in [0.3, 0.4) is 0 Å². The predicted octanol–water partition coefficient (Wildman–Crippen LogP) is 3.48. The number of hydrogen-bond donors (Lipinski definition) is 2. The molecule has 2 aromatic carbocycles. The van der Waals surface area contributed by atoms with Crippen molar-refractivity contribution in [2.75, 3.05) is 18.2 Å². The number of benzene rings is 2. The van der Waals surface area contributed by atoms with E-state index < -0.39 is 0 Å². The smallest absolute Gasteiger partial charge is 0.261 e. The van der Waals surface area contributed by atoms with E-state index in [-0.39, 0.29) is 5.91 Å². The van der Waals surface area contributed by atoms with E-state index in [0.717, 1.165) is 24.1 Å². The first-order valence-electron chi connectivity index (χ1n) is 6.99. The van der Waals surface area contributed by atoms with Crippen molar-refractivity contribution in [2.24, 2.45) is 0 Å². The Morgan fingerprint density at radius 1 is 1.19 bits per heavy atom. The first-order valence-corrected chi connectivity index (χ1v) is 6.99. The van der Waals surface area contributed by atoms with Gasteiger partial charge in [0.05, 0.1) is 7.11 Å². The van der Waals surface area contributed by atoms with Crippen LogP contribution < -0.4 is 15.8 Å². The molecule has 0 aliphatic rings. The number of para-hydroxylation sites is 1. The zero-order valence-electron chi connectivity index (χ0n) is 12.3. The number of hydrogen-bond acceptors (Lipinski definition) is 3. The Morgan fingerprint density at radius 2 is 1.95 bits per heavy atom. The monoisotopic (exact) mass is 284 g/mol. The van der Waals surface area contributed by atoms with Gasteiger partial charge in [-0.15, -0.1) is 0 Å². The minimum Gasteiger partial charge on any atom is -0.496 e. The Labute approximate surface area is 124 Å². The van der Waals surface area contributed by atoms with Gasteiger partial charge in [0.2, 0.25) is 0 Å². The third-order valence-corrected chi connectivity index (χ3v) is 3.29. The van der Waals surface area contributed by atoms with Crippen LogP contribution in [-0.2, 0) is 6.42 Å². The zero-order valence-corrected chi connectivity index (χ0v) is 12.3. The van der Waals surface area contributed by atoms with Gasteiger partial charge in [0, 0.05) is 11.4 Å². The van der Waals surface area contributed by atoms with E-state index in [1.165, 1.54) is 7.11 Å². The Kier molecular flexibility index (Phi) is 4.82. The molecular formula is C17H20N2O2. The number of anilines is 2. The molecule has 0 saturated carbocycles. The summed E-state index contributed by atoms with van der Waals surface area (Å²) in [5.74, 6) is 0.217. The number of nitrogens with one attached hydrogen (secondary N) is 1. The highest BCUT2D eigenvalue weighted by Gasteiger charge is 2.16. The van der Waals surface area contributed by atoms with Crippen LogP contribution in [0, 0.1) is 0 Å². The third kappa shape index (κ3) is 3.34. The van der Waals surface area contributed by atoms with Crippen LogP contribution in [0.4, 0.5) is 11.4 Å². The molecule has 0 radical (unpaired) electrons. The summed E-state index contributed by atoms with van der Waals surface area (Å²) in [6.45, 7) is 2.11. The number of carbonyl (C=O) groups is 1. The quantitative estimate of drug-likeness (QED) is 0.826. The first-order chi connectivity index (χ1) is 10.2. The molecule has 0 atom stereocenters. The van der Waals surface area contributed by atoms with E-state index in [9.17, 15) is 4.79 Å². The first kappa shape index (κ1) is 14.9. The fourth-order valence-electron chi connectivity index (χ4n) is 2.28. The van der Waals surface area contributed by atoms with Crippen LogP contribution >= 0.6 is 0 Å². The maximum absolute atomic E-state index is 12.5. The van der Waals surface area contributed by atoms with Crippen LogP contribution in [0.25, 0.3) is 0 Å². The van der Waals surface area contributed by atoms with E-state index in [4.69, 9.17) is 10.5 Å². The SMILES string of the molecule is CCCc1ccccc1NC(=O)c1c(N)cccc1OC. The van der Waals surface area contributed by atoms with Gasteiger partial charge in [0.15, 0.2) is 0 Å². The van der Waals surface area contributed by atoms with Gasteiger partial charge in [-0.2, -0.15) is 0 Å². The summed E-state index contributed by atoms with van der Waals surface area (Å²) in [5.41, 5.74) is 8.60. The molecule has 21 heavy (non-hydrogen) atoms. The van der Waals surface area contributed by atoms with Gasteiger partial charge in [-0.05, 0) is 30.2 Å².